The van der Waals surface area contributed by atoms with Gasteiger partial charge in [0.25, 0.3) is 11.8 Å². The average Bonchev–Trinajstić information content (AvgIpc) is 3.02. The van der Waals surface area contributed by atoms with Gasteiger partial charge < -0.3 is 20.1 Å². The molecule has 180 valence electrons. The highest BCUT2D eigenvalue weighted by molar-refractivity contribution is 6.36. The van der Waals surface area contributed by atoms with Gasteiger partial charge >= 0.3 is 0 Å². The number of ether oxygens (including phenoxy) is 2. The van der Waals surface area contributed by atoms with Gasteiger partial charge in [0.05, 0.1) is 18.3 Å². The van der Waals surface area contributed by atoms with Crippen molar-refractivity contribution in [2.75, 3.05) is 30.4 Å². The number of rotatable bonds is 11. The maximum Gasteiger partial charge on any atom is 0.278 e. The molecule has 0 radical (unpaired) electrons. The van der Waals surface area contributed by atoms with E-state index in [4.69, 9.17) is 9.47 Å². The van der Waals surface area contributed by atoms with E-state index in [9.17, 15) is 14.4 Å². The molecule has 3 rings (SSSR count). The Balaban J connectivity index is 1.88. The molecule has 34 heavy (non-hydrogen) atoms. The zero-order valence-corrected chi connectivity index (χ0v) is 20.0. The Hall–Kier alpha value is -3.65. The number of carbonyl (C=O) groups excluding carboxylic acids is 3. The Morgan fingerprint density at radius 1 is 0.971 bits per heavy atom. The highest BCUT2D eigenvalue weighted by Crippen LogP contribution is 2.31. The minimum absolute atomic E-state index is 0.0812. The molecule has 0 saturated heterocycles. The van der Waals surface area contributed by atoms with E-state index >= 15 is 0 Å². The molecule has 3 amide bonds. The van der Waals surface area contributed by atoms with E-state index in [0.717, 1.165) is 5.75 Å². The molecule has 0 atom stereocenters. The van der Waals surface area contributed by atoms with Crippen LogP contribution < -0.4 is 15.4 Å². The molecular weight excluding hydrogens is 434 g/mol. The molecule has 2 aromatic rings. The molecule has 0 fully saturated rings. The van der Waals surface area contributed by atoms with Crippen molar-refractivity contribution in [3.05, 3.63) is 59.8 Å². The second-order valence-electron chi connectivity index (χ2n) is 8.13. The van der Waals surface area contributed by atoms with Crippen LogP contribution in [-0.4, -0.2) is 48.5 Å². The topological polar surface area (TPSA) is 97.0 Å². The highest BCUT2D eigenvalue weighted by atomic mass is 16.5. The normalized spacial score (nSPS) is 13.6. The predicted octanol–water partition coefficient (Wildman–Crippen LogP) is 4.05. The number of hydrogen-bond donors (Lipinski definition) is 2. The maximum absolute atomic E-state index is 13.3. The van der Waals surface area contributed by atoms with Gasteiger partial charge in [-0.3, -0.25) is 19.3 Å². The number of nitrogens with zero attached hydrogens (tertiary/aromatic N) is 1. The van der Waals surface area contributed by atoms with Crippen molar-refractivity contribution >= 4 is 34.7 Å². The Bertz CT molecular complexity index is 1060. The third-order valence-electron chi connectivity index (χ3n) is 5.07. The summed E-state index contributed by atoms with van der Waals surface area (Å²) in [6, 6.07) is 14.0. The summed E-state index contributed by atoms with van der Waals surface area (Å²) in [7, 11) is 0. The van der Waals surface area contributed by atoms with Crippen LogP contribution in [0.3, 0.4) is 0 Å². The molecule has 0 saturated carbocycles. The lowest BCUT2D eigenvalue weighted by Crippen LogP contribution is -2.34. The monoisotopic (exact) mass is 465 g/mol. The summed E-state index contributed by atoms with van der Waals surface area (Å²) < 4.78 is 11.0. The summed E-state index contributed by atoms with van der Waals surface area (Å²) in [4.78, 5) is 39.2. The van der Waals surface area contributed by atoms with Crippen molar-refractivity contribution in [1.82, 2.24) is 4.90 Å². The van der Waals surface area contributed by atoms with Crippen LogP contribution in [0.25, 0.3) is 5.57 Å². The number of nitrogens with one attached hydrogen (secondary N) is 2. The Kier molecular flexibility index (Phi) is 8.43. The number of amides is 3. The van der Waals surface area contributed by atoms with Gasteiger partial charge in [0.15, 0.2) is 0 Å². The standard InChI is InChI=1S/C26H31N3O5/c1-5-33-22-13-11-21(12-14-22)28-24-23(19-7-9-20(10-8-19)27-18(4)30)25(31)29(26(24)32)15-6-16-34-17(2)3/h7-14,17,28H,5-6,15-16H2,1-4H3,(H,27,30). The lowest BCUT2D eigenvalue weighted by atomic mass is 10.0. The fourth-order valence-corrected chi connectivity index (χ4v) is 3.57. The van der Waals surface area contributed by atoms with E-state index in [2.05, 4.69) is 10.6 Å². The molecule has 0 unspecified atom stereocenters. The van der Waals surface area contributed by atoms with Gasteiger partial charge in [-0.2, -0.15) is 0 Å². The molecule has 0 spiro atoms. The van der Waals surface area contributed by atoms with Crippen LogP contribution in [0.4, 0.5) is 11.4 Å². The van der Waals surface area contributed by atoms with Gasteiger partial charge in [0, 0.05) is 31.5 Å². The molecule has 8 nitrogen and oxygen atoms in total. The summed E-state index contributed by atoms with van der Waals surface area (Å²) in [5.74, 6) is -0.220. The summed E-state index contributed by atoms with van der Waals surface area (Å²) in [5.41, 5.74) is 2.36. The lowest BCUT2D eigenvalue weighted by Gasteiger charge is -2.16. The molecular formula is C26H31N3O5. The first kappa shape index (κ1) is 25.0. The van der Waals surface area contributed by atoms with E-state index in [1.54, 1.807) is 48.5 Å². The molecule has 8 heteroatoms. The average molecular weight is 466 g/mol. The van der Waals surface area contributed by atoms with Gasteiger partial charge in [-0.15, -0.1) is 0 Å². The largest absolute Gasteiger partial charge is 0.494 e. The second kappa shape index (κ2) is 11.5. The van der Waals surface area contributed by atoms with Gasteiger partial charge in [-0.05, 0) is 69.2 Å². The Morgan fingerprint density at radius 3 is 2.21 bits per heavy atom. The number of anilines is 2. The van der Waals surface area contributed by atoms with E-state index in [1.807, 2.05) is 20.8 Å². The Morgan fingerprint density at radius 2 is 1.62 bits per heavy atom. The van der Waals surface area contributed by atoms with Crippen molar-refractivity contribution in [3.63, 3.8) is 0 Å². The molecule has 2 N–H and O–H groups in total. The second-order valence-corrected chi connectivity index (χ2v) is 8.13. The summed E-state index contributed by atoms with van der Waals surface area (Å²) in [6.45, 7) is 8.48. The first-order valence-corrected chi connectivity index (χ1v) is 11.4. The van der Waals surface area contributed by atoms with E-state index < -0.39 is 0 Å². The van der Waals surface area contributed by atoms with Crippen LogP contribution in [0.5, 0.6) is 5.75 Å². The van der Waals surface area contributed by atoms with E-state index in [0.29, 0.717) is 36.6 Å². The molecule has 0 aliphatic carbocycles. The van der Waals surface area contributed by atoms with Crippen molar-refractivity contribution < 1.29 is 23.9 Å². The molecule has 0 bridgehead atoms. The smallest absolute Gasteiger partial charge is 0.278 e. The van der Waals surface area contributed by atoms with Crippen LogP contribution in [0.2, 0.25) is 0 Å². The molecule has 1 heterocycles. The third kappa shape index (κ3) is 6.23. The predicted molar refractivity (Wildman–Crippen MR) is 131 cm³/mol. The zero-order chi connectivity index (χ0) is 24.7. The highest BCUT2D eigenvalue weighted by Gasteiger charge is 2.38. The fraction of sp³-hybridized carbons (Fsp3) is 0.346. The first-order valence-electron chi connectivity index (χ1n) is 11.4. The zero-order valence-electron chi connectivity index (χ0n) is 20.0. The molecule has 0 aromatic heterocycles. The van der Waals surface area contributed by atoms with E-state index in [1.165, 1.54) is 11.8 Å². The Labute approximate surface area is 199 Å². The van der Waals surface area contributed by atoms with Gasteiger partial charge in [-0.25, -0.2) is 0 Å². The van der Waals surface area contributed by atoms with Crippen molar-refractivity contribution in [2.45, 2.75) is 40.2 Å². The summed E-state index contributed by atoms with van der Waals surface area (Å²) in [5, 5.41) is 5.84. The third-order valence-corrected chi connectivity index (χ3v) is 5.07. The summed E-state index contributed by atoms with van der Waals surface area (Å²) >= 11 is 0. The van der Waals surface area contributed by atoms with E-state index in [-0.39, 0.29) is 41.6 Å². The molecule has 1 aliphatic rings. The SMILES string of the molecule is CCOc1ccc(NC2=C(c3ccc(NC(C)=O)cc3)C(=O)N(CCCOC(C)C)C2=O)cc1. The fourth-order valence-electron chi connectivity index (χ4n) is 3.57. The van der Waals surface area contributed by atoms with Gasteiger partial charge in [0.1, 0.15) is 11.4 Å². The minimum atomic E-state index is -0.385. The van der Waals surface area contributed by atoms with Crippen LogP contribution in [0.15, 0.2) is 54.2 Å². The van der Waals surface area contributed by atoms with Crippen LogP contribution in [0, 0.1) is 0 Å². The first-order chi connectivity index (χ1) is 16.3. The maximum atomic E-state index is 13.3. The van der Waals surface area contributed by atoms with Crippen LogP contribution in [-0.2, 0) is 19.1 Å². The number of imide groups is 1. The summed E-state index contributed by atoms with van der Waals surface area (Å²) in [6.07, 6.45) is 0.624. The number of benzene rings is 2. The minimum Gasteiger partial charge on any atom is -0.494 e. The van der Waals surface area contributed by atoms with Crippen LogP contribution in [0.1, 0.15) is 39.7 Å². The molecule has 1 aliphatic heterocycles. The lowest BCUT2D eigenvalue weighted by molar-refractivity contribution is -0.137. The quantitative estimate of drug-likeness (QED) is 0.384. The van der Waals surface area contributed by atoms with Crippen molar-refractivity contribution in [3.8, 4) is 5.75 Å². The van der Waals surface area contributed by atoms with Crippen molar-refractivity contribution in [2.24, 2.45) is 0 Å². The van der Waals surface area contributed by atoms with Crippen molar-refractivity contribution in [1.29, 1.82) is 0 Å². The van der Waals surface area contributed by atoms with Gasteiger partial charge in [-0.1, -0.05) is 12.1 Å². The molecule has 2 aromatic carbocycles. The number of hydrogen-bond acceptors (Lipinski definition) is 6. The number of carbonyl (C=O) groups is 3. The van der Waals surface area contributed by atoms with Crippen LogP contribution >= 0.6 is 0 Å². The van der Waals surface area contributed by atoms with Gasteiger partial charge in [0.2, 0.25) is 5.91 Å².